The first-order chi connectivity index (χ1) is 19.4. The summed E-state index contributed by atoms with van der Waals surface area (Å²) in [4.78, 5) is 36.2. The highest BCUT2D eigenvalue weighted by molar-refractivity contribution is 5.92. The van der Waals surface area contributed by atoms with E-state index in [1.165, 1.54) is 18.4 Å². The van der Waals surface area contributed by atoms with E-state index in [2.05, 4.69) is 13.5 Å². The second kappa shape index (κ2) is 15.9. The summed E-state index contributed by atoms with van der Waals surface area (Å²) >= 11 is 0. The van der Waals surface area contributed by atoms with E-state index in [0.29, 0.717) is 60.0 Å². The second-order valence-corrected chi connectivity index (χ2v) is 9.31. The molecular weight excluding hydrogens is 508 g/mol. The molecule has 0 unspecified atom stereocenters. The molecule has 7 heteroatoms. The molecule has 3 aromatic carbocycles. The number of esters is 3. The minimum absolute atomic E-state index is 0.314. The molecule has 0 radical (unpaired) electrons. The summed E-state index contributed by atoms with van der Waals surface area (Å²) in [6.07, 6.45) is 7.01. The van der Waals surface area contributed by atoms with E-state index < -0.39 is 17.9 Å². The zero-order valence-corrected chi connectivity index (χ0v) is 23.1. The van der Waals surface area contributed by atoms with Crippen molar-refractivity contribution in [2.24, 2.45) is 0 Å². The van der Waals surface area contributed by atoms with Gasteiger partial charge in [0.25, 0.3) is 0 Å². The van der Waals surface area contributed by atoms with E-state index >= 15 is 0 Å². The van der Waals surface area contributed by atoms with Crippen LogP contribution in [0.25, 0.3) is 0 Å². The Morgan fingerprint density at radius 2 is 1.38 bits per heavy atom. The molecular formula is C33H36O7. The number of benzene rings is 3. The first-order valence-electron chi connectivity index (χ1n) is 13.6. The Bertz CT molecular complexity index is 1280. The zero-order chi connectivity index (χ0) is 28.7. The summed E-state index contributed by atoms with van der Waals surface area (Å²) in [5.74, 6) is -0.0290. The van der Waals surface area contributed by atoms with Crippen LogP contribution in [0.15, 0.2) is 79.4 Å². The molecule has 3 aromatic rings. The fraction of sp³-hybridized carbons (Fsp3) is 0.303. The quantitative estimate of drug-likeness (QED) is 0.0876. The third-order valence-corrected chi connectivity index (χ3v) is 6.13. The van der Waals surface area contributed by atoms with Gasteiger partial charge in [0.15, 0.2) is 0 Å². The van der Waals surface area contributed by atoms with Crippen molar-refractivity contribution >= 4 is 17.9 Å². The number of ether oxygens (including phenoxy) is 4. The topological polar surface area (TPSA) is 88.1 Å². The SMILES string of the molecule is C=CC(=O)OCCCCOc1ccc(C(=O)Oc2ccc(OC(=O)c3ccc(CCCCC)cc3)c(C)c2)cc1. The van der Waals surface area contributed by atoms with Crippen molar-refractivity contribution < 1.29 is 33.3 Å². The molecule has 0 aliphatic carbocycles. The first kappa shape index (κ1) is 30.2. The molecule has 7 nitrogen and oxygen atoms in total. The summed E-state index contributed by atoms with van der Waals surface area (Å²) in [6.45, 7) is 8.07. The Hall–Kier alpha value is -4.39. The van der Waals surface area contributed by atoms with Crippen molar-refractivity contribution in [3.63, 3.8) is 0 Å². The summed E-state index contributed by atoms with van der Waals surface area (Å²) in [5.41, 5.74) is 2.72. The lowest BCUT2D eigenvalue weighted by Gasteiger charge is -2.11. The molecule has 0 aliphatic rings. The maximum Gasteiger partial charge on any atom is 0.343 e. The highest BCUT2D eigenvalue weighted by Crippen LogP contribution is 2.25. The molecule has 40 heavy (non-hydrogen) atoms. The van der Waals surface area contributed by atoms with E-state index in [1.807, 2.05) is 12.1 Å². The molecule has 0 atom stereocenters. The minimum Gasteiger partial charge on any atom is -0.494 e. The van der Waals surface area contributed by atoms with Gasteiger partial charge in [0, 0.05) is 6.08 Å². The molecule has 0 saturated carbocycles. The highest BCUT2D eigenvalue weighted by atomic mass is 16.5. The third kappa shape index (κ3) is 9.73. The van der Waals surface area contributed by atoms with Crippen LogP contribution in [0, 0.1) is 6.92 Å². The van der Waals surface area contributed by atoms with Crippen LogP contribution in [0.2, 0.25) is 0 Å². The molecule has 0 fully saturated rings. The van der Waals surface area contributed by atoms with Crippen molar-refractivity contribution in [3.8, 4) is 17.2 Å². The summed E-state index contributed by atoms with van der Waals surface area (Å²) < 4.78 is 21.7. The summed E-state index contributed by atoms with van der Waals surface area (Å²) in [5, 5.41) is 0. The van der Waals surface area contributed by atoms with Crippen LogP contribution in [0.5, 0.6) is 17.2 Å². The Morgan fingerprint density at radius 1 is 0.750 bits per heavy atom. The molecule has 3 rings (SSSR count). The Balaban J connectivity index is 1.47. The van der Waals surface area contributed by atoms with Crippen molar-refractivity contribution in [3.05, 3.63) is 102 Å². The normalized spacial score (nSPS) is 10.4. The van der Waals surface area contributed by atoms with Crippen LogP contribution in [0.3, 0.4) is 0 Å². The van der Waals surface area contributed by atoms with Crippen LogP contribution in [0.4, 0.5) is 0 Å². The monoisotopic (exact) mass is 544 g/mol. The maximum atomic E-state index is 12.6. The Morgan fingerprint density at radius 3 is 2.02 bits per heavy atom. The van der Waals surface area contributed by atoms with Crippen LogP contribution in [0.1, 0.15) is 70.9 Å². The van der Waals surface area contributed by atoms with Crippen LogP contribution in [-0.4, -0.2) is 31.1 Å². The number of carbonyl (C=O) groups is 3. The number of aryl methyl sites for hydroxylation is 2. The highest BCUT2D eigenvalue weighted by Gasteiger charge is 2.14. The average Bonchev–Trinajstić information content (AvgIpc) is 2.96. The standard InChI is InChI=1S/C33H36O7/c1-4-6-7-10-25-11-13-26(14-12-25)33(36)40-30-20-19-29(23-24(30)3)39-32(35)27-15-17-28(18-16-27)37-21-8-9-22-38-31(34)5-2/h5,11-20,23H,2,4,6-10,21-22H2,1,3H3. The predicted octanol–water partition coefficient (Wildman–Crippen LogP) is 7.05. The molecule has 0 N–H and O–H groups in total. The van der Waals surface area contributed by atoms with Crippen molar-refractivity contribution in [2.75, 3.05) is 13.2 Å². The lowest BCUT2D eigenvalue weighted by Crippen LogP contribution is -2.10. The van der Waals surface area contributed by atoms with Gasteiger partial charge in [-0.15, -0.1) is 0 Å². The molecule has 210 valence electrons. The maximum absolute atomic E-state index is 12.6. The summed E-state index contributed by atoms with van der Waals surface area (Å²) in [6, 6.07) is 19.0. The second-order valence-electron chi connectivity index (χ2n) is 9.31. The molecule has 0 saturated heterocycles. The molecule has 0 bridgehead atoms. The van der Waals surface area contributed by atoms with Gasteiger partial charge in [-0.3, -0.25) is 0 Å². The van der Waals surface area contributed by atoms with Gasteiger partial charge in [0.1, 0.15) is 17.2 Å². The minimum atomic E-state index is -0.515. The van der Waals surface area contributed by atoms with Gasteiger partial charge in [-0.05, 0) is 98.3 Å². The number of hydrogen-bond acceptors (Lipinski definition) is 7. The van der Waals surface area contributed by atoms with Gasteiger partial charge in [-0.25, -0.2) is 14.4 Å². The molecule has 0 aliphatic heterocycles. The summed E-state index contributed by atoms with van der Waals surface area (Å²) in [7, 11) is 0. The van der Waals surface area contributed by atoms with Gasteiger partial charge in [-0.1, -0.05) is 38.5 Å². The van der Waals surface area contributed by atoms with Crippen LogP contribution in [-0.2, 0) is 16.0 Å². The molecule has 0 aromatic heterocycles. The fourth-order valence-electron chi connectivity index (χ4n) is 3.82. The Labute approximate surface area is 235 Å². The van der Waals surface area contributed by atoms with Gasteiger partial charge in [0.05, 0.1) is 24.3 Å². The van der Waals surface area contributed by atoms with E-state index in [1.54, 1.807) is 61.5 Å². The van der Waals surface area contributed by atoms with E-state index in [-0.39, 0.29) is 0 Å². The first-order valence-corrected chi connectivity index (χ1v) is 13.6. The van der Waals surface area contributed by atoms with Gasteiger partial charge >= 0.3 is 17.9 Å². The van der Waals surface area contributed by atoms with E-state index in [4.69, 9.17) is 18.9 Å². The van der Waals surface area contributed by atoms with Crippen molar-refractivity contribution in [2.45, 2.75) is 52.4 Å². The Kier molecular flexibility index (Phi) is 12.0. The lowest BCUT2D eigenvalue weighted by molar-refractivity contribution is -0.137. The predicted molar refractivity (Wildman–Crippen MR) is 153 cm³/mol. The molecule has 0 heterocycles. The van der Waals surface area contributed by atoms with Crippen molar-refractivity contribution in [1.29, 1.82) is 0 Å². The van der Waals surface area contributed by atoms with E-state index in [0.717, 1.165) is 18.9 Å². The van der Waals surface area contributed by atoms with Crippen molar-refractivity contribution in [1.82, 2.24) is 0 Å². The number of hydrogen-bond donors (Lipinski definition) is 0. The van der Waals surface area contributed by atoms with Gasteiger partial charge < -0.3 is 18.9 Å². The van der Waals surface area contributed by atoms with Gasteiger partial charge in [-0.2, -0.15) is 0 Å². The van der Waals surface area contributed by atoms with Gasteiger partial charge in [0.2, 0.25) is 0 Å². The van der Waals surface area contributed by atoms with E-state index in [9.17, 15) is 14.4 Å². The van der Waals surface area contributed by atoms with Crippen LogP contribution >= 0.6 is 0 Å². The molecule has 0 spiro atoms. The smallest absolute Gasteiger partial charge is 0.343 e. The zero-order valence-electron chi connectivity index (χ0n) is 23.1. The average molecular weight is 545 g/mol. The largest absolute Gasteiger partial charge is 0.494 e. The number of rotatable bonds is 15. The lowest BCUT2D eigenvalue weighted by atomic mass is 10.1. The number of unbranched alkanes of at least 4 members (excludes halogenated alkanes) is 3. The van der Waals surface area contributed by atoms with Crippen LogP contribution < -0.4 is 14.2 Å². The number of carbonyl (C=O) groups excluding carboxylic acids is 3. The molecule has 0 amide bonds. The third-order valence-electron chi connectivity index (χ3n) is 6.13. The fourth-order valence-corrected chi connectivity index (χ4v) is 3.82.